The Kier molecular flexibility index (Phi) is 4.59. The molecule has 2 rings (SSSR count). The van der Waals surface area contributed by atoms with Gasteiger partial charge < -0.3 is 16.2 Å². The van der Waals surface area contributed by atoms with Crippen molar-refractivity contribution < 1.29 is 9.90 Å². The normalized spacial score (nSPS) is 12.4. The number of amides is 1. The Balaban J connectivity index is 1.99. The van der Waals surface area contributed by atoms with Gasteiger partial charge in [0.25, 0.3) is 0 Å². The van der Waals surface area contributed by atoms with E-state index in [2.05, 4.69) is 10.4 Å². The van der Waals surface area contributed by atoms with Gasteiger partial charge in [-0.1, -0.05) is 12.1 Å². The lowest BCUT2D eigenvalue weighted by atomic mass is 10.1. The molecule has 0 fully saturated rings. The first-order valence-electron chi connectivity index (χ1n) is 6.85. The topological polar surface area (TPSA) is 93.2 Å². The first kappa shape index (κ1) is 15.1. The van der Waals surface area contributed by atoms with Crippen LogP contribution in [0.2, 0.25) is 0 Å². The lowest BCUT2D eigenvalue weighted by molar-refractivity contribution is -0.117. The van der Waals surface area contributed by atoms with Gasteiger partial charge in [-0.2, -0.15) is 5.10 Å². The molecule has 0 spiro atoms. The molecule has 4 N–H and O–H groups in total. The van der Waals surface area contributed by atoms with Crippen LogP contribution in [0, 0.1) is 0 Å². The van der Waals surface area contributed by atoms with Gasteiger partial charge in [-0.25, -0.2) is 4.68 Å². The van der Waals surface area contributed by atoms with Gasteiger partial charge in [0.1, 0.15) is 11.6 Å². The van der Waals surface area contributed by atoms with Crippen LogP contribution in [0.1, 0.15) is 25.5 Å². The number of anilines is 1. The van der Waals surface area contributed by atoms with Crippen LogP contribution in [-0.4, -0.2) is 26.8 Å². The SMILES string of the molecule is CC(C)n1nccc1NC(=O)[C@H](N)Cc1ccc(O)cc1. The highest BCUT2D eigenvalue weighted by Crippen LogP contribution is 2.14. The lowest BCUT2D eigenvalue weighted by Gasteiger charge is -2.15. The number of nitrogens with one attached hydrogen (secondary N) is 1. The second-order valence-corrected chi connectivity index (χ2v) is 5.22. The molecule has 1 amide bonds. The Morgan fingerprint density at radius 2 is 2.00 bits per heavy atom. The second kappa shape index (κ2) is 6.41. The number of benzene rings is 1. The van der Waals surface area contributed by atoms with Crippen molar-refractivity contribution >= 4 is 11.7 Å². The molecule has 6 nitrogen and oxygen atoms in total. The molecule has 0 unspecified atom stereocenters. The van der Waals surface area contributed by atoms with Crippen molar-refractivity contribution in [3.8, 4) is 5.75 Å². The largest absolute Gasteiger partial charge is 0.508 e. The van der Waals surface area contributed by atoms with Crippen molar-refractivity contribution in [1.29, 1.82) is 0 Å². The van der Waals surface area contributed by atoms with Gasteiger partial charge in [0.15, 0.2) is 0 Å². The fraction of sp³-hybridized carbons (Fsp3) is 0.333. The fourth-order valence-corrected chi connectivity index (χ4v) is 2.02. The van der Waals surface area contributed by atoms with E-state index >= 15 is 0 Å². The molecule has 1 atom stereocenters. The van der Waals surface area contributed by atoms with E-state index in [1.807, 2.05) is 13.8 Å². The summed E-state index contributed by atoms with van der Waals surface area (Å²) < 4.78 is 1.73. The van der Waals surface area contributed by atoms with E-state index in [9.17, 15) is 9.90 Å². The zero-order valence-corrected chi connectivity index (χ0v) is 12.2. The summed E-state index contributed by atoms with van der Waals surface area (Å²) in [6.45, 7) is 3.97. The zero-order valence-electron chi connectivity index (χ0n) is 12.2. The summed E-state index contributed by atoms with van der Waals surface area (Å²) in [5.74, 6) is 0.569. The number of carbonyl (C=O) groups excluding carboxylic acids is 1. The molecule has 0 saturated heterocycles. The molecule has 0 saturated carbocycles. The molecule has 1 aromatic carbocycles. The Morgan fingerprint density at radius 3 is 2.62 bits per heavy atom. The van der Waals surface area contributed by atoms with Gasteiger partial charge in [-0.15, -0.1) is 0 Å². The zero-order chi connectivity index (χ0) is 15.4. The summed E-state index contributed by atoms with van der Waals surface area (Å²) in [6.07, 6.45) is 2.04. The first-order valence-corrected chi connectivity index (χ1v) is 6.85. The highest BCUT2D eigenvalue weighted by molar-refractivity contribution is 5.94. The fourth-order valence-electron chi connectivity index (χ4n) is 2.02. The van der Waals surface area contributed by atoms with Crippen LogP contribution < -0.4 is 11.1 Å². The van der Waals surface area contributed by atoms with Crippen LogP contribution in [0.4, 0.5) is 5.82 Å². The second-order valence-electron chi connectivity index (χ2n) is 5.22. The third kappa shape index (κ3) is 3.82. The van der Waals surface area contributed by atoms with Crippen LogP contribution in [0.25, 0.3) is 0 Å². The van der Waals surface area contributed by atoms with Crippen LogP contribution in [0.5, 0.6) is 5.75 Å². The highest BCUT2D eigenvalue weighted by Gasteiger charge is 2.16. The Labute approximate surface area is 123 Å². The molecule has 112 valence electrons. The molecule has 0 radical (unpaired) electrons. The monoisotopic (exact) mass is 288 g/mol. The number of carbonyl (C=O) groups is 1. The van der Waals surface area contributed by atoms with Gasteiger partial charge >= 0.3 is 0 Å². The number of phenols is 1. The van der Waals surface area contributed by atoms with Crippen molar-refractivity contribution in [2.45, 2.75) is 32.4 Å². The van der Waals surface area contributed by atoms with Crippen LogP contribution >= 0.6 is 0 Å². The molecular formula is C15H20N4O2. The van der Waals surface area contributed by atoms with Crippen molar-refractivity contribution in [3.63, 3.8) is 0 Å². The van der Waals surface area contributed by atoms with Gasteiger partial charge in [-0.3, -0.25) is 4.79 Å². The van der Waals surface area contributed by atoms with Crippen molar-refractivity contribution in [2.75, 3.05) is 5.32 Å². The summed E-state index contributed by atoms with van der Waals surface area (Å²) in [4.78, 5) is 12.1. The summed E-state index contributed by atoms with van der Waals surface area (Å²) in [6, 6.07) is 7.89. The summed E-state index contributed by atoms with van der Waals surface area (Å²) in [5, 5.41) is 16.2. The minimum Gasteiger partial charge on any atom is -0.508 e. The van der Waals surface area contributed by atoms with Crippen LogP contribution in [-0.2, 0) is 11.2 Å². The highest BCUT2D eigenvalue weighted by atomic mass is 16.3. The Bertz CT molecular complexity index is 604. The van der Waals surface area contributed by atoms with E-state index in [0.717, 1.165) is 5.56 Å². The molecule has 21 heavy (non-hydrogen) atoms. The van der Waals surface area contributed by atoms with Crippen molar-refractivity contribution in [1.82, 2.24) is 9.78 Å². The minimum atomic E-state index is -0.662. The average Bonchev–Trinajstić information content (AvgIpc) is 2.89. The molecule has 0 aliphatic rings. The molecule has 2 aromatic rings. The van der Waals surface area contributed by atoms with Crippen molar-refractivity contribution in [2.24, 2.45) is 5.73 Å². The predicted octanol–water partition coefficient (Wildman–Crippen LogP) is 1.68. The number of phenolic OH excluding ortho intramolecular Hbond substituents is 1. The average molecular weight is 288 g/mol. The third-order valence-corrected chi connectivity index (χ3v) is 3.14. The van der Waals surface area contributed by atoms with Gasteiger partial charge in [-0.05, 0) is 38.0 Å². The standard InChI is InChI=1S/C15H20N4O2/c1-10(2)19-14(7-8-17-19)18-15(21)13(16)9-11-3-5-12(20)6-4-11/h3-8,10,13,20H,9,16H2,1-2H3,(H,18,21)/t13-/m1/s1. The Hall–Kier alpha value is -2.34. The van der Waals surface area contributed by atoms with Gasteiger partial charge in [0.05, 0.1) is 12.2 Å². The minimum absolute atomic E-state index is 0.156. The number of nitrogens with zero attached hydrogens (tertiary/aromatic N) is 2. The summed E-state index contributed by atoms with van der Waals surface area (Å²) >= 11 is 0. The Morgan fingerprint density at radius 1 is 1.33 bits per heavy atom. The molecular weight excluding hydrogens is 268 g/mol. The number of nitrogens with two attached hydrogens (primary N) is 1. The number of aromatic hydroxyl groups is 1. The number of hydrogen-bond acceptors (Lipinski definition) is 4. The van der Waals surface area contributed by atoms with E-state index in [4.69, 9.17) is 5.73 Å². The number of rotatable bonds is 5. The van der Waals surface area contributed by atoms with Crippen LogP contribution in [0.3, 0.4) is 0 Å². The summed E-state index contributed by atoms with van der Waals surface area (Å²) in [7, 11) is 0. The molecule has 6 heteroatoms. The maximum Gasteiger partial charge on any atom is 0.242 e. The van der Waals surface area contributed by atoms with Crippen molar-refractivity contribution in [3.05, 3.63) is 42.1 Å². The number of hydrogen-bond donors (Lipinski definition) is 3. The number of aromatic nitrogens is 2. The molecule has 1 heterocycles. The lowest BCUT2D eigenvalue weighted by Crippen LogP contribution is -2.38. The van der Waals surface area contributed by atoms with Gasteiger partial charge in [0, 0.05) is 12.1 Å². The van der Waals surface area contributed by atoms with E-state index in [1.54, 1.807) is 41.2 Å². The van der Waals surface area contributed by atoms with E-state index < -0.39 is 6.04 Å². The molecule has 0 bridgehead atoms. The quantitative estimate of drug-likeness (QED) is 0.780. The molecule has 0 aliphatic carbocycles. The molecule has 1 aromatic heterocycles. The summed E-state index contributed by atoms with van der Waals surface area (Å²) in [5.41, 5.74) is 6.82. The smallest absolute Gasteiger partial charge is 0.242 e. The molecule has 0 aliphatic heterocycles. The predicted molar refractivity (Wildman–Crippen MR) is 81.0 cm³/mol. The van der Waals surface area contributed by atoms with E-state index in [1.165, 1.54) is 0 Å². The van der Waals surface area contributed by atoms with Gasteiger partial charge in [0.2, 0.25) is 5.91 Å². The van der Waals surface area contributed by atoms with E-state index in [0.29, 0.717) is 12.2 Å². The first-order chi connectivity index (χ1) is 9.97. The maximum absolute atomic E-state index is 12.1. The van der Waals surface area contributed by atoms with Crippen LogP contribution in [0.15, 0.2) is 36.5 Å². The third-order valence-electron chi connectivity index (χ3n) is 3.14. The maximum atomic E-state index is 12.1. The van der Waals surface area contributed by atoms with E-state index in [-0.39, 0.29) is 17.7 Å².